The molecule has 0 aromatic carbocycles. The first-order valence-electron chi connectivity index (χ1n) is 5.81. The molecule has 0 unspecified atom stereocenters. The van der Waals surface area contributed by atoms with Crippen LogP contribution < -0.4 is 5.73 Å². The molecule has 1 saturated heterocycles. The highest BCUT2D eigenvalue weighted by Gasteiger charge is 2.31. The van der Waals surface area contributed by atoms with E-state index < -0.39 is 10.0 Å². The maximum absolute atomic E-state index is 12.0. The zero-order valence-corrected chi connectivity index (χ0v) is 9.88. The van der Waals surface area contributed by atoms with E-state index in [9.17, 15) is 8.42 Å². The third-order valence-electron chi connectivity index (χ3n) is 3.49. The van der Waals surface area contributed by atoms with Gasteiger partial charge in [-0.15, -0.1) is 0 Å². The lowest BCUT2D eigenvalue weighted by atomic mass is 10.1. The molecule has 2 fully saturated rings. The van der Waals surface area contributed by atoms with Crippen LogP contribution >= 0.6 is 0 Å². The summed E-state index contributed by atoms with van der Waals surface area (Å²) < 4.78 is 25.6. The minimum Gasteiger partial charge on any atom is -0.328 e. The van der Waals surface area contributed by atoms with Crippen molar-refractivity contribution in [2.24, 2.45) is 11.7 Å². The second kappa shape index (κ2) is 4.39. The van der Waals surface area contributed by atoms with E-state index in [1.54, 1.807) is 4.31 Å². The summed E-state index contributed by atoms with van der Waals surface area (Å²) in [4.78, 5) is 0. The molecule has 0 bridgehead atoms. The topological polar surface area (TPSA) is 63.4 Å². The molecular weight excluding hydrogens is 212 g/mol. The van der Waals surface area contributed by atoms with E-state index in [4.69, 9.17) is 5.73 Å². The van der Waals surface area contributed by atoms with Crippen molar-refractivity contribution in [2.75, 3.05) is 18.8 Å². The maximum atomic E-state index is 12.0. The molecule has 0 radical (unpaired) electrons. The highest BCUT2D eigenvalue weighted by atomic mass is 32.2. The van der Waals surface area contributed by atoms with Gasteiger partial charge in [0.05, 0.1) is 5.75 Å². The average Bonchev–Trinajstić information content (AvgIpc) is 2.75. The normalized spacial score (nSPS) is 33.7. The van der Waals surface area contributed by atoms with Gasteiger partial charge in [-0.1, -0.05) is 0 Å². The summed E-state index contributed by atoms with van der Waals surface area (Å²) in [5.41, 5.74) is 5.79. The zero-order chi connectivity index (χ0) is 10.9. The first-order valence-corrected chi connectivity index (χ1v) is 7.42. The maximum Gasteiger partial charge on any atom is 0.214 e. The Morgan fingerprint density at radius 2 is 1.87 bits per heavy atom. The van der Waals surface area contributed by atoms with Gasteiger partial charge in [-0.2, -0.15) is 0 Å². The molecule has 0 spiro atoms. The Kier molecular flexibility index (Phi) is 3.33. The van der Waals surface area contributed by atoms with Crippen LogP contribution in [0.25, 0.3) is 0 Å². The van der Waals surface area contributed by atoms with Crippen LogP contribution in [-0.2, 0) is 10.0 Å². The van der Waals surface area contributed by atoms with Crippen molar-refractivity contribution in [3.05, 3.63) is 0 Å². The van der Waals surface area contributed by atoms with E-state index >= 15 is 0 Å². The minimum atomic E-state index is -2.99. The summed E-state index contributed by atoms with van der Waals surface area (Å²) >= 11 is 0. The second-order valence-corrected chi connectivity index (χ2v) is 6.84. The van der Waals surface area contributed by atoms with E-state index in [1.807, 2.05) is 0 Å². The van der Waals surface area contributed by atoms with E-state index in [2.05, 4.69) is 0 Å². The van der Waals surface area contributed by atoms with Gasteiger partial charge in [0.25, 0.3) is 0 Å². The summed E-state index contributed by atoms with van der Waals surface area (Å²) in [5, 5.41) is 0. The molecule has 0 amide bonds. The number of sulfonamides is 1. The Hall–Kier alpha value is -0.130. The van der Waals surface area contributed by atoms with E-state index in [-0.39, 0.29) is 6.04 Å². The molecule has 2 N–H and O–H groups in total. The fraction of sp³-hybridized carbons (Fsp3) is 1.00. The van der Waals surface area contributed by atoms with Gasteiger partial charge in [0.15, 0.2) is 0 Å². The summed E-state index contributed by atoms with van der Waals surface area (Å²) in [6.07, 6.45) is 4.88. The van der Waals surface area contributed by atoms with Crippen molar-refractivity contribution >= 4 is 10.0 Å². The second-order valence-electron chi connectivity index (χ2n) is 4.82. The van der Waals surface area contributed by atoms with Crippen LogP contribution in [0.15, 0.2) is 0 Å². The Balaban J connectivity index is 1.92. The van der Waals surface area contributed by atoms with Crippen molar-refractivity contribution in [1.82, 2.24) is 4.31 Å². The lowest BCUT2D eigenvalue weighted by molar-refractivity contribution is 0.462. The summed E-state index contributed by atoms with van der Waals surface area (Å²) in [5.74, 6) is 0.617. The van der Waals surface area contributed by atoms with Crippen molar-refractivity contribution in [3.63, 3.8) is 0 Å². The van der Waals surface area contributed by atoms with Crippen molar-refractivity contribution in [2.45, 2.75) is 38.1 Å². The summed E-state index contributed by atoms with van der Waals surface area (Å²) in [7, 11) is -2.99. The molecule has 2 aliphatic rings. The molecule has 1 heterocycles. The van der Waals surface area contributed by atoms with E-state index in [0.29, 0.717) is 11.7 Å². The van der Waals surface area contributed by atoms with Crippen LogP contribution in [0.4, 0.5) is 0 Å². The van der Waals surface area contributed by atoms with Crippen LogP contribution in [0.2, 0.25) is 0 Å². The molecule has 1 saturated carbocycles. The molecule has 88 valence electrons. The lowest BCUT2D eigenvalue weighted by Crippen LogP contribution is -2.32. The van der Waals surface area contributed by atoms with Gasteiger partial charge < -0.3 is 5.73 Å². The smallest absolute Gasteiger partial charge is 0.214 e. The molecule has 15 heavy (non-hydrogen) atoms. The molecule has 0 aromatic rings. The highest BCUT2D eigenvalue weighted by molar-refractivity contribution is 7.89. The molecule has 2 rings (SSSR count). The number of hydrogen-bond acceptors (Lipinski definition) is 3. The Labute approximate surface area is 91.9 Å². The summed E-state index contributed by atoms with van der Waals surface area (Å²) in [6, 6.07) is 0.226. The Morgan fingerprint density at radius 1 is 1.20 bits per heavy atom. The van der Waals surface area contributed by atoms with E-state index in [1.165, 1.54) is 0 Å². The Morgan fingerprint density at radius 3 is 2.40 bits per heavy atom. The van der Waals surface area contributed by atoms with Crippen molar-refractivity contribution in [3.8, 4) is 0 Å². The van der Waals surface area contributed by atoms with Gasteiger partial charge in [0.2, 0.25) is 10.0 Å². The lowest BCUT2D eigenvalue weighted by Gasteiger charge is -2.18. The first kappa shape index (κ1) is 11.4. The average molecular weight is 232 g/mol. The van der Waals surface area contributed by atoms with Crippen molar-refractivity contribution in [1.29, 1.82) is 0 Å². The SMILES string of the molecule is N[C@@H]1CC[C@H](CS(=O)(=O)N2CCCC2)C1. The number of nitrogens with two attached hydrogens (primary N) is 1. The van der Waals surface area contributed by atoms with Gasteiger partial charge in [-0.05, 0) is 38.0 Å². The molecule has 2 atom stereocenters. The minimum absolute atomic E-state index is 0.226. The first-order chi connectivity index (χ1) is 7.08. The molecule has 5 heteroatoms. The van der Waals surface area contributed by atoms with Gasteiger partial charge in [0.1, 0.15) is 0 Å². The molecule has 1 aliphatic heterocycles. The molecular formula is C10H20N2O2S. The number of rotatable bonds is 3. The Bertz CT molecular complexity index is 309. The number of nitrogens with zero attached hydrogens (tertiary/aromatic N) is 1. The van der Waals surface area contributed by atoms with Gasteiger partial charge in [0, 0.05) is 19.1 Å². The van der Waals surface area contributed by atoms with Crippen LogP contribution in [-0.4, -0.2) is 37.6 Å². The largest absolute Gasteiger partial charge is 0.328 e. The van der Waals surface area contributed by atoms with Gasteiger partial charge in [-0.3, -0.25) is 0 Å². The van der Waals surface area contributed by atoms with Crippen LogP contribution in [0.1, 0.15) is 32.1 Å². The molecule has 0 aromatic heterocycles. The van der Waals surface area contributed by atoms with Crippen LogP contribution in [0.3, 0.4) is 0 Å². The van der Waals surface area contributed by atoms with Crippen LogP contribution in [0.5, 0.6) is 0 Å². The van der Waals surface area contributed by atoms with Crippen LogP contribution in [0, 0.1) is 5.92 Å². The quantitative estimate of drug-likeness (QED) is 0.772. The third kappa shape index (κ3) is 2.71. The standard InChI is InChI=1S/C10H20N2O2S/c11-10-4-3-9(7-10)8-15(13,14)12-5-1-2-6-12/h9-10H,1-8,11H2/t9-,10+/m0/s1. The fourth-order valence-electron chi connectivity index (χ4n) is 2.63. The van der Waals surface area contributed by atoms with E-state index in [0.717, 1.165) is 45.2 Å². The summed E-state index contributed by atoms with van der Waals surface area (Å²) in [6.45, 7) is 1.45. The van der Waals surface area contributed by atoms with Gasteiger partial charge >= 0.3 is 0 Å². The molecule has 1 aliphatic carbocycles. The third-order valence-corrected chi connectivity index (χ3v) is 5.53. The predicted octanol–water partition coefficient (Wildman–Crippen LogP) is 0.539. The monoisotopic (exact) mass is 232 g/mol. The number of hydrogen-bond donors (Lipinski definition) is 1. The fourth-order valence-corrected chi connectivity index (χ4v) is 4.56. The molecule has 4 nitrogen and oxygen atoms in total. The van der Waals surface area contributed by atoms with Gasteiger partial charge in [-0.25, -0.2) is 12.7 Å². The predicted molar refractivity (Wildman–Crippen MR) is 59.9 cm³/mol. The van der Waals surface area contributed by atoms with Crippen molar-refractivity contribution < 1.29 is 8.42 Å². The zero-order valence-electron chi connectivity index (χ0n) is 9.06. The highest BCUT2D eigenvalue weighted by Crippen LogP contribution is 2.27.